The van der Waals surface area contributed by atoms with Gasteiger partial charge in [-0.2, -0.15) is 17.7 Å². The third-order valence-electron chi connectivity index (χ3n) is 5.53. The van der Waals surface area contributed by atoms with Crippen molar-refractivity contribution in [1.82, 2.24) is 30.2 Å². The molecule has 12 heteroatoms. The van der Waals surface area contributed by atoms with Crippen molar-refractivity contribution in [2.45, 2.75) is 12.2 Å². The maximum atomic E-state index is 13.8. The zero-order chi connectivity index (χ0) is 23.9. The van der Waals surface area contributed by atoms with Crippen molar-refractivity contribution in [2.24, 2.45) is 0 Å². The molecule has 0 radical (unpaired) electrons. The fraction of sp³-hybridized carbons (Fsp3) is 0.273. The molecule has 2 aromatic carbocycles. The monoisotopic (exact) mass is 471 g/mol. The van der Waals surface area contributed by atoms with Crippen molar-refractivity contribution in [1.29, 1.82) is 0 Å². The Balaban J connectivity index is 1.71. The molecular formula is C22H20F3N7O2. The number of carbonyl (C=O) groups excluding carboxylic acids is 1. The van der Waals surface area contributed by atoms with E-state index in [1.54, 1.807) is 31.4 Å². The summed E-state index contributed by atoms with van der Waals surface area (Å²) >= 11 is 0. The number of ether oxygens (including phenoxy) is 1. The Morgan fingerprint density at radius 1 is 1.12 bits per heavy atom. The van der Waals surface area contributed by atoms with Crippen molar-refractivity contribution in [3.05, 3.63) is 48.0 Å². The van der Waals surface area contributed by atoms with E-state index in [1.807, 2.05) is 0 Å². The van der Waals surface area contributed by atoms with E-state index in [0.29, 0.717) is 30.2 Å². The molecule has 176 valence electrons. The van der Waals surface area contributed by atoms with Gasteiger partial charge in [0, 0.05) is 30.6 Å². The first-order chi connectivity index (χ1) is 16.3. The summed E-state index contributed by atoms with van der Waals surface area (Å²) in [5.74, 6) is 0.625. The first kappa shape index (κ1) is 21.9. The minimum absolute atomic E-state index is 0.0182. The van der Waals surface area contributed by atoms with Crippen LogP contribution in [0.1, 0.15) is 5.56 Å². The van der Waals surface area contributed by atoms with Crippen LogP contribution in [0.25, 0.3) is 27.9 Å². The molecule has 0 spiro atoms. The molecule has 4 aromatic rings. The van der Waals surface area contributed by atoms with Gasteiger partial charge >= 0.3 is 6.18 Å². The second kappa shape index (κ2) is 8.45. The number of carbonyl (C=O) groups is 1. The summed E-state index contributed by atoms with van der Waals surface area (Å²) in [6.45, 7) is 1.29. The van der Waals surface area contributed by atoms with Crippen LogP contribution in [0.5, 0.6) is 5.75 Å². The van der Waals surface area contributed by atoms with Crippen molar-refractivity contribution in [3.63, 3.8) is 0 Å². The molecule has 1 aliphatic heterocycles. The van der Waals surface area contributed by atoms with E-state index in [1.165, 1.54) is 16.6 Å². The molecule has 2 aromatic heterocycles. The summed E-state index contributed by atoms with van der Waals surface area (Å²) in [4.78, 5) is 21.2. The fourth-order valence-electron chi connectivity index (χ4n) is 3.83. The number of anilines is 1. The van der Waals surface area contributed by atoms with E-state index in [4.69, 9.17) is 4.74 Å². The third kappa shape index (κ3) is 3.96. The van der Waals surface area contributed by atoms with Crippen LogP contribution in [0.15, 0.2) is 42.5 Å². The number of methoxy groups -OCH3 is 1. The molecule has 0 bridgehead atoms. The number of hydrogen-bond donors (Lipinski definition) is 3. The molecular weight excluding hydrogens is 451 g/mol. The van der Waals surface area contributed by atoms with Crippen LogP contribution in [0.2, 0.25) is 0 Å². The number of nitrogens with one attached hydrogen (secondary N) is 3. The van der Waals surface area contributed by atoms with Crippen LogP contribution in [-0.4, -0.2) is 58.3 Å². The Hall–Kier alpha value is -3.93. The molecule has 5 rings (SSSR count). The number of benzene rings is 2. The Morgan fingerprint density at radius 2 is 1.91 bits per heavy atom. The number of rotatable bonds is 4. The summed E-state index contributed by atoms with van der Waals surface area (Å²) < 4.78 is 47.8. The summed E-state index contributed by atoms with van der Waals surface area (Å²) in [6, 6.07) is 10.0. The number of alkyl halides is 3. The van der Waals surface area contributed by atoms with Gasteiger partial charge in [0.1, 0.15) is 11.8 Å². The van der Waals surface area contributed by atoms with Gasteiger partial charge in [0.2, 0.25) is 11.9 Å². The van der Waals surface area contributed by atoms with Gasteiger partial charge in [0.05, 0.1) is 18.2 Å². The first-order valence-electron chi connectivity index (χ1n) is 10.5. The van der Waals surface area contributed by atoms with Crippen LogP contribution < -0.4 is 20.7 Å². The van der Waals surface area contributed by atoms with Crippen molar-refractivity contribution >= 4 is 28.4 Å². The van der Waals surface area contributed by atoms with Gasteiger partial charge in [-0.05, 0) is 36.4 Å². The highest BCUT2D eigenvalue weighted by atomic mass is 19.4. The lowest BCUT2D eigenvalue weighted by Crippen LogP contribution is -2.42. The first-order valence-corrected chi connectivity index (χ1v) is 10.5. The molecule has 3 N–H and O–H groups in total. The molecule has 0 unspecified atom stereocenters. The number of fused-ring (bicyclic) bond motifs is 3. The number of hydrogen-bond acceptors (Lipinski definition) is 7. The molecule has 0 aliphatic carbocycles. The zero-order valence-corrected chi connectivity index (χ0v) is 18.0. The maximum Gasteiger partial charge on any atom is 0.418 e. The number of nitrogens with zero attached hydrogens (tertiary/aromatic N) is 4. The van der Waals surface area contributed by atoms with Gasteiger partial charge in [0.15, 0.2) is 11.5 Å². The molecule has 1 atom stereocenters. The molecule has 9 nitrogen and oxygen atoms in total. The van der Waals surface area contributed by atoms with Gasteiger partial charge in [-0.1, -0.05) is 6.07 Å². The normalized spacial score (nSPS) is 16.9. The predicted octanol–water partition coefficient (Wildman–Crippen LogP) is 2.47. The van der Waals surface area contributed by atoms with Crippen LogP contribution >= 0.6 is 0 Å². The zero-order valence-electron chi connectivity index (χ0n) is 18.0. The van der Waals surface area contributed by atoms with E-state index in [9.17, 15) is 18.0 Å². The summed E-state index contributed by atoms with van der Waals surface area (Å²) in [7, 11) is 1.55. The quantitative estimate of drug-likeness (QED) is 0.420. The Kier molecular flexibility index (Phi) is 5.44. The number of amides is 1. The van der Waals surface area contributed by atoms with E-state index in [2.05, 4.69) is 31.0 Å². The second-order valence-electron chi connectivity index (χ2n) is 7.73. The fourth-order valence-corrected chi connectivity index (χ4v) is 3.83. The van der Waals surface area contributed by atoms with Crippen LogP contribution in [0.3, 0.4) is 0 Å². The second-order valence-corrected chi connectivity index (χ2v) is 7.73. The Labute approximate surface area is 191 Å². The number of para-hydroxylation sites is 1. The van der Waals surface area contributed by atoms with Crippen molar-refractivity contribution < 1.29 is 22.7 Å². The van der Waals surface area contributed by atoms with E-state index in [0.717, 1.165) is 6.07 Å². The summed E-state index contributed by atoms with van der Waals surface area (Å²) in [5.41, 5.74) is -0.343. The molecule has 0 saturated carbocycles. The lowest BCUT2D eigenvalue weighted by atomic mass is 10.1. The molecule has 1 amide bonds. The topological polar surface area (TPSA) is 105 Å². The SMILES string of the molecule is COc1ccc(-c2nc3c4cccc(C(F)(F)F)c4nc(N[C@@H]4CNCCNC4=O)n3n2)cc1. The minimum Gasteiger partial charge on any atom is -0.497 e. The van der Waals surface area contributed by atoms with Crippen molar-refractivity contribution in [3.8, 4) is 17.1 Å². The van der Waals surface area contributed by atoms with Gasteiger partial charge < -0.3 is 20.7 Å². The van der Waals surface area contributed by atoms with E-state index >= 15 is 0 Å². The van der Waals surface area contributed by atoms with Crippen LogP contribution in [0, 0.1) is 0 Å². The van der Waals surface area contributed by atoms with Crippen LogP contribution in [-0.2, 0) is 11.0 Å². The van der Waals surface area contributed by atoms with E-state index < -0.39 is 17.8 Å². The minimum atomic E-state index is -4.62. The third-order valence-corrected chi connectivity index (χ3v) is 5.53. The van der Waals surface area contributed by atoms with Gasteiger partial charge in [0.25, 0.3) is 0 Å². The predicted molar refractivity (Wildman–Crippen MR) is 119 cm³/mol. The standard InChI is InChI=1S/C22H20F3N7O2/c1-34-13-7-5-12(6-8-13)18-30-19-14-3-2-4-15(22(23,24)25)17(14)29-21(32(19)31-18)28-16-11-26-9-10-27-20(16)33/h2-8,16,26H,9-11H2,1H3,(H,27,33)(H,28,29)/t16-/m1/s1. The Bertz CT molecular complexity index is 1370. The van der Waals surface area contributed by atoms with Gasteiger partial charge in [-0.3, -0.25) is 4.79 Å². The highest BCUT2D eigenvalue weighted by molar-refractivity contribution is 5.95. The highest BCUT2D eigenvalue weighted by Crippen LogP contribution is 2.36. The lowest BCUT2D eigenvalue weighted by molar-refractivity contribution is -0.136. The summed E-state index contributed by atoms with van der Waals surface area (Å²) in [6.07, 6.45) is -4.62. The molecule has 1 fully saturated rings. The number of aromatic nitrogens is 4. The van der Waals surface area contributed by atoms with Crippen molar-refractivity contribution in [2.75, 3.05) is 32.1 Å². The maximum absolute atomic E-state index is 13.8. The van der Waals surface area contributed by atoms with Gasteiger partial charge in [-0.15, -0.1) is 5.10 Å². The highest BCUT2D eigenvalue weighted by Gasteiger charge is 2.34. The average Bonchev–Trinajstić information content (AvgIpc) is 3.18. The lowest BCUT2D eigenvalue weighted by Gasteiger charge is -2.17. The molecule has 1 saturated heterocycles. The molecule has 34 heavy (non-hydrogen) atoms. The van der Waals surface area contributed by atoms with E-state index in [-0.39, 0.29) is 35.0 Å². The molecule has 3 heterocycles. The van der Waals surface area contributed by atoms with Gasteiger partial charge in [-0.25, -0.2) is 9.97 Å². The average molecular weight is 471 g/mol. The molecule has 1 aliphatic rings. The number of halogens is 3. The van der Waals surface area contributed by atoms with Crippen LogP contribution in [0.4, 0.5) is 19.1 Å². The Morgan fingerprint density at radius 3 is 2.65 bits per heavy atom. The summed E-state index contributed by atoms with van der Waals surface area (Å²) in [5, 5.41) is 13.5. The largest absolute Gasteiger partial charge is 0.497 e. The smallest absolute Gasteiger partial charge is 0.418 e.